The summed E-state index contributed by atoms with van der Waals surface area (Å²) >= 11 is 1.23. The van der Waals surface area contributed by atoms with Gasteiger partial charge in [-0.2, -0.15) is 9.98 Å². The monoisotopic (exact) mass is 498 g/mol. The molecule has 0 bridgehead atoms. The molecule has 11 heteroatoms. The molecule has 0 radical (unpaired) electrons. The second kappa shape index (κ2) is 11.6. The Morgan fingerprint density at radius 2 is 1.86 bits per heavy atom. The van der Waals surface area contributed by atoms with Crippen molar-refractivity contribution in [3.63, 3.8) is 0 Å². The summed E-state index contributed by atoms with van der Waals surface area (Å²) in [4.78, 5) is 25.0. The summed E-state index contributed by atoms with van der Waals surface area (Å²) in [5, 5.41) is 14.6. The van der Waals surface area contributed by atoms with Gasteiger partial charge in [0.05, 0.1) is 33.1 Å². The fourth-order valence-electron chi connectivity index (χ4n) is 3.23. The Labute approximate surface area is 207 Å². The average Bonchev–Trinajstić information content (AvgIpc) is 3.31. The molecule has 3 aromatic rings. The highest BCUT2D eigenvalue weighted by molar-refractivity contribution is 8.15. The van der Waals surface area contributed by atoms with Gasteiger partial charge in [-0.1, -0.05) is 5.16 Å². The van der Waals surface area contributed by atoms with Crippen LogP contribution in [0.1, 0.15) is 30.0 Å². The fourth-order valence-corrected chi connectivity index (χ4v) is 3.75. The maximum absolute atomic E-state index is 12.0. The predicted molar refractivity (Wildman–Crippen MR) is 134 cm³/mol. The van der Waals surface area contributed by atoms with Gasteiger partial charge in [-0.3, -0.25) is 0 Å². The lowest BCUT2D eigenvalue weighted by molar-refractivity contribution is 0.182. The van der Waals surface area contributed by atoms with Gasteiger partial charge in [0.15, 0.2) is 11.5 Å². The molecule has 1 aromatic heterocycles. The Hall–Kier alpha value is -3.70. The van der Waals surface area contributed by atoms with Crippen LogP contribution < -0.4 is 9.47 Å². The number of aliphatic imine (C=N–C) groups is 2. The zero-order valence-corrected chi connectivity index (χ0v) is 21.0. The third kappa shape index (κ3) is 6.06. The summed E-state index contributed by atoms with van der Waals surface area (Å²) in [6.07, 6.45) is 0.157. The molecule has 2 aromatic carbocycles. The number of aliphatic hydroxyl groups is 1. The van der Waals surface area contributed by atoms with Gasteiger partial charge >= 0.3 is 6.09 Å². The molecule has 184 valence electrons. The summed E-state index contributed by atoms with van der Waals surface area (Å²) in [5.74, 6) is 1.74. The van der Waals surface area contributed by atoms with Crippen molar-refractivity contribution in [2.24, 2.45) is 9.98 Å². The number of aryl methyl sites for hydroxylation is 1. The first kappa shape index (κ1) is 25.9. The van der Waals surface area contributed by atoms with Crippen molar-refractivity contribution in [3.05, 3.63) is 53.4 Å². The molecule has 0 aliphatic rings. The number of thioether (sulfide) groups is 1. The SMILES string of the molecule is COC(=O)/N=C(\SC)C(=Nc1ccc(-c2noc(C)n2)cc1)c1cc(OC)c(OC)c(C(C)O)c1. The summed E-state index contributed by atoms with van der Waals surface area (Å²) in [6.45, 7) is 3.34. The molecule has 1 atom stereocenters. The zero-order chi connectivity index (χ0) is 25.5. The number of aliphatic hydroxyl groups excluding tert-OH is 1. The van der Waals surface area contributed by atoms with E-state index in [-0.39, 0.29) is 0 Å². The molecule has 1 unspecified atom stereocenters. The maximum atomic E-state index is 12.0. The first-order valence-corrected chi connectivity index (χ1v) is 11.7. The Balaban J connectivity index is 2.19. The van der Waals surface area contributed by atoms with Gasteiger partial charge in [0, 0.05) is 23.6 Å². The van der Waals surface area contributed by atoms with Gasteiger partial charge in [-0.05, 0) is 49.6 Å². The summed E-state index contributed by atoms with van der Waals surface area (Å²) in [5.41, 5.74) is 2.79. The van der Waals surface area contributed by atoms with E-state index in [2.05, 4.69) is 15.1 Å². The van der Waals surface area contributed by atoms with Crippen LogP contribution in [0.3, 0.4) is 0 Å². The van der Waals surface area contributed by atoms with Gasteiger partial charge in [-0.25, -0.2) is 9.79 Å². The standard InChI is InChI=1S/C24H26N4O6S/c1-13(29)18-11-16(12-19(31-3)21(18)32-4)20(23(35-6)27-24(30)33-5)26-17-9-7-15(8-10-17)22-25-14(2)34-28-22/h7-13,29H,1-6H3/b26-20?,27-23-. The molecule has 1 heterocycles. The molecule has 1 N–H and O–H groups in total. The largest absolute Gasteiger partial charge is 0.493 e. The number of carbonyl (C=O) groups excluding carboxylic acids is 1. The van der Waals surface area contributed by atoms with Crippen LogP contribution in [0, 0.1) is 6.92 Å². The van der Waals surface area contributed by atoms with E-state index in [1.807, 2.05) is 12.1 Å². The Morgan fingerprint density at radius 1 is 1.14 bits per heavy atom. The number of benzene rings is 2. The minimum Gasteiger partial charge on any atom is -0.493 e. The van der Waals surface area contributed by atoms with Crippen molar-refractivity contribution in [1.82, 2.24) is 10.1 Å². The van der Waals surface area contributed by atoms with Crippen LogP contribution in [-0.4, -0.2) is 59.7 Å². The topological polar surface area (TPSA) is 129 Å². The molecule has 3 rings (SSSR count). The van der Waals surface area contributed by atoms with Gasteiger partial charge < -0.3 is 23.8 Å². The minimum atomic E-state index is -0.854. The second-order valence-corrected chi connectivity index (χ2v) is 8.01. The van der Waals surface area contributed by atoms with Crippen LogP contribution in [0.2, 0.25) is 0 Å². The quantitative estimate of drug-likeness (QED) is 0.362. The third-order valence-electron chi connectivity index (χ3n) is 4.89. The lowest BCUT2D eigenvalue weighted by atomic mass is 10.0. The van der Waals surface area contributed by atoms with Crippen LogP contribution in [0.15, 0.2) is 50.9 Å². The number of aromatic nitrogens is 2. The smallest absolute Gasteiger partial charge is 0.434 e. The molecule has 0 saturated heterocycles. The van der Waals surface area contributed by atoms with Crippen molar-refractivity contribution in [2.75, 3.05) is 27.6 Å². The van der Waals surface area contributed by atoms with Crippen LogP contribution in [0.4, 0.5) is 10.5 Å². The first-order valence-electron chi connectivity index (χ1n) is 10.5. The number of rotatable bonds is 7. The second-order valence-electron chi connectivity index (χ2n) is 7.21. The normalized spacial score (nSPS) is 12.9. The molecular formula is C24H26N4O6S. The van der Waals surface area contributed by atoms with Crippen LogP contribution >= 0.6 is 11.8 Å². The van der Waals surface area contributed by atoms with Crippen molar-refractivity contribution in [1.29, 1.82) is 0 Å². The van der Waals surface area contributed by atoms with E-state index in [0.717, 1.165) is 5.56 Å². The van der Waals surface area contributed by atoms with E-state index in [1.54, 1.807) is 44.4 Å². The maximum Gasteiger partial charge on any atom is 0.434 e. The van der Waals surface area contributed by atoms with E-state index in [9.17, 15) is 9.90 Å². The van der Waals surface area contributed by atoms with E-state index >= 15 is 0 Å². The molecule has 0 aliphatic heterocycles. The predicted octanol–water partition coefficient (Wildman–Crippen LogP) is 4.76. The van der Waals surface area contributed by atoms with Crippen molar-refractivity contribution < 1.29 is 28.6 Å². The van der Waals surface area contributed by atoms with E-state index < -0.39 is 12.2 Å². The molecule has 10 nitrogen and oxygen atoms in total. The van der Waals surface area contributed by atoms with Crippen molar-refractivity contribution in [3.8, 4) is 22.9 Å². The van der Waals surface area contributed by atoms with Crippen molar-refractivity contribution in [2.45, 2.75) is 20.0 Å². The lowest BCUT2D eigenvalue weighted by Gasteiger charge is -2.18. The highest BCUT2D eigenvalue weighted by Gasteiger charge is 2.21. The van der Waals surface area contributed by atoms with Crippen molar-refractivity contribution >= 4 is 34.3 Å². The summed E-state index contributed by atoms with van der Waals surface area (Å²) < 4.78 is 20.7. The van der Waals surface area contributed by atoms with Crippen LogP contribution in [-0.2, 0) is 4.74 Å². The molecule has 0 aliphatic carbocycles. The fraction of sp³-hybridized carbons (Fsp3) is 0.292. The van der Waals surface area contributed by atoms with Gasteiger partial charge in [0.25, 0.3) is 0 Å². The first-order chi connectivity index (χ1) is 16.8. The Bertz CT molecular complexity index is 1250. The molecule has 0 saturated carbocycles. The highest BCUT2D eigenvalue weighted by Crippen LogP contribution is 2.37. The van der Waals surface area contributed by atoms with Gasteiger partial charge in [0.1, 0.15) is 10.8 Å². The van der Waals surface area contributed by atoms with Crippen LogP contribution in [0.5, 0.6) is 11.5 Å². The number of ether oxygens (including phenoxy) is 3. The number of hydrogen-bond donors (Lipinski definition) is 1. The Morgan fingerprint density at radius 3 is 2.37 bits per heavy atom. The minimum absolute atomic E-state index is 0.318. The number of carbonyl (C=O) groups is 1. The molecular weight excluding hydrogens is 472 g/mol. The average molecular weight is 499 g/mol. The number of hydrogen-bond acceptors (Lipinski definition) is 10. The molecule has 1 amide bonds. The van der Waals surface area contributed by atoms with Crippen LogP contribution in [0.25, 0.3) is 11.4 Å². The third-order valence-corrected chi connectivity index (χ3v) is 5.56. The number of amides is 1. The van der Waals surface area contributed by atoms with E-state index in [1.165, 1.54) is 33.1 Å². The van der Waals surface area contributed by atoms with E-state index in [4.69, 9.17) is 23.7 Å². The molecule has 0 spiro atoms. The summed E-state index contributed by atoms with van der Waals surface area (Å²) in [6, 6.07) is 10.6. The number of nitrogens with zero attached hydrogens (tertiary/aromatic N) is 4. The zero-order valence-electron chi connectivity index (χ0n) is 20.2. The number of methoxy groups -OCH3 is 3. The molecule has 0 fully saturated rings. The lowest BCUT2D eigenvalue weighted by Crippen LogP contribution is -2.15. The van der Waals surface area contributed by atoms with Gasteiger partial charge in [0.2, 0.25) is 11.7 Å². The molecule has 35 heavy (non-hydrogen) atoms. The summed E-state index contributed by atoms with van der Waals surface area (Å²) in [7, 11) is 4.25. The Kier molecular flexibility index (Phi) is 8.61. The van der Waals surface area contributed by atoms with E-state index in [0.29, 0.717) is 50.8 Å². The van der Waals surface area contributed by atoms with Gasteiger partial charge in [-0.15, -0.1) is 11.8 Å². The highest BCUT2D eigenvalue weighted by atomic mass is 32.2.